The minimum atomic E-state index is -5.05. The molecule has 1 aromatic carbocycles. The third-order valence-corrected chi connectivity index (χ3v) is 5.78. The molecule has 1 amide bonds. The van der Waals surface area contributed by atoms with Gasteiger partial charge in [0, 0.05) is 6.20 Å². The maximum absolute atomic E-state index is 13.0. The van der Waals surface area contributed by atoms with E-state index < -0.39 is 48.0 Å². The second-order valence-corrected chi connectivity index (χ2v) is 8.42. The molecule has 11 heteroatoms. The lowest BCUT2D eigenvalue weighted by Gasteiger charge is -2.10. The van der Waals surface area contributed by atoms with E-state index in [1.807, 2.05) is 0 Å². The van der Waals surface area contributed by atoms with Gasteiger partial charge < -0.3 is 10.4 Å². The van der Waals surface area contributed by atoms with Crippen molar-refractivity contribution in [3.8, 4) is 5.75 Å². The molecule has 1 heterocycles. The van der Waals surface area contributed by atoms with Crippen LogP contribution in [-0.4, -0.2) is 38.6 Å². The Bertz CT molecular complexity index is 1040. The molecule has 1 aromatic heterocycles. The van der Waals surface area contributed by atoms with Gasteiger partial charge in [-0.25, -0.2) is 13.4 Å². The molecule has 25 heavy (non-hydrogen) atoms. The molecule has 0 unspecified atom stereocenters. The summed E-state index contributed by atoms with van der Waals surface area (Å²) in [6.45, 7) is 1.39. The van der Waals surface area contributed by atoms with Crippen molar-refractivity contribution in [1.29, 1.82) is 0 Å². The number of rotatable bonds is 5. The van der Waals surface area contributed by atoms with Crippen LogP contribution in [0.5, 0.6) is 5.75 Å². The van der Waals surface area contributed by atoms with Crippen molar-refractivity contribution >= 4 is 31.7 Å². The number of nitrogens with zero attached hydrogens (tertiary/aromatic N) is 1. The summed E-state index contributed by atoms with van der Waals surface area (Å²) in [6, 6.07) is 4.94. The molecule has 2 rings (SSSR count). The van der Waals surface area contributed by atoms with Crippen molar-refractivity contribution in [2.45, 2.75) is 16.7 Å². The Labute approximate surface area is 143 Å². The lowest BCUT2D eigenvalue weighted by Crippen LogP contribution is -2.19. The zero-order chi connectivity index (χ0) is 18.8. The van der Waals surface area contributed by atoms with Gasteiger partial charge in [0.2, 0.25) is 0 Å². The van der Waals surface area contributed by atoms with Crippen LogP contribution in [0.2, 0.25) is 0 Å². The Balaban J connectivity index is 2.46. The molecule has 0 saturated carbocycles. The Morgan fingerprint density at radius 3 is 2.52 bits per heavy atom. The first-order chi connectivity index (χ1) is 11.6. The smallest absolute Gasteiger partial charge is 0.332 e. The first kappa shape index (κ1) is 18.8. The van der Waals surface area contributed by atoms with E-state index in [9.17, 15) is 30.6 Å². The molecule has 2 N–H and O–H groups in total. The monoisotopic (exact) mass is 388 g/mol. The molecule has 0 bridgehead atoms. The van der Waals surface area contributed by atoms with Gasteiger partial charge >= 0.3 is 10.2 Å². The summed E-state index contributed by atoms with van der Waals surface area (Å²) in [6.07, 6.45) is 1.20. The molecule has 0 aliphatic heterocycles. The van der Waals surface area contributed by atoms with Crippen LogP contribution >= 0.6 is 0 Å². The molecule has 0 fully saturated rings. The lowest BCUT2D eigenvalue weighted by atomic mass is 10.2. The number of benzene rings is 1. The number of carbonyl (C=O) groups excluding carboxylic acids is 1. The first-order valence-corrected chi connectivity index (χ1v) is 9.86. The fourth-order valence-corrected chi connectivity index (χ4v) is 3.44. The number of aromatic nitrogens is 1. The molecule has 0 aliphatic rings. The molecular weight excluding hydrogens is 375 g/mol. The highest BCUT2D eigenvalue weighted by Crippen LogP contribution is 2.28. The number of anilines is 1. The zero-order valence-corrected chi connectivity index (χ0v) is 14.4. The van der Waals surface area contributed by atoms with Gasteiger partial charge in [-0.1, -0.05) is 6.92 Å². The highest BCUT2D eigenvalue weighted by molar-refractivity contribution is 7.91. The fraction of sp³-hybridized carbons (Fsp3) is 0.143. The Hall–Kier alpha value is -2.53. The van der Waals surface area contributed by atoms with Gasteiger partial charge in [-0.15, -0.1) is 3.89 Å². The average Bonchev–Trinajstić information content (AvgIpc) is 2.55. The predicted molar refractivity (Wildman–Crippen MR) is 86.3 cm³/mol. The van der Waals surface area contributed by atoms with Crippen LogP contribution in [0.15, 0.2) is 46.3 Å². The summed E-state index contributed by atoms with van der Waals surface area (Å²) < 4.78 is 59.0. The van der Waals surface area contributed by atoms with Gasteiger partial charge in [0.05, 0.1) is 16.3 Å². The number of pyridine rings is 1. The molecule has 0 aliphatic carbocycles. The van der Waals surface area contributed by atoms with E-state index in [0.717, 1.165) is 12.1 Å². The number of aromatic hydroxyl groups is 1. The minimum absolute atomic E-state index is 0.264. The third-order valence-electron chi connectivity index (χ3n) is 3.20. The van der Waals surface area contributed by atoms with Crippen LogP contribution in [0.25, 0.3) is 0 Å². The van der Waals surface area contributed by atoms with Gasteiger partial charge in [-0.05, 0) is 30.3 Å². The third kappa shape index (κ3) is 4.12. The number of hydrogen-bond acceptors (Lipinski definition) is 7. The topological polar surface area (TPSA) is 130 Å². The number of nitrogens with one attached hydrogen (secondary N) is 1. The Morgan fingerprint density at radius 2 is 1.92 bits per heavy atom. The lowest BCUT2D eigenvalue weighted by molar-refractivity contribution is 0.101. The Kier molecular flexibility index (Phi) is 5.09. The van der Waals surface area contributed by atoms with E-state index in [0.29, 0.717) is 6.07 Å². The summed E-state index contributed by atoms with van der Waals surface area (Å²) in [5, 5.41) is 11.8. The molecule has 134 valence electrons. The van der Waals surface area contributed by atoms with E-state index >= 15 is 0 Å². The van der Waals surface area contributed by atoms with Crippen LogP contribution in [-0.2, 0) is 20.1 Å². The van der Waals surface area contributed by atoms with Crippen molar-refractivity contribution < 1.29 is 30.6 Å². The highest BCUT2D eigenvalue weighted by atomic mass is 32.3. The number of phenols is 1. The van der Waals surface area contributed by atoms with Gasteiger partial charge in [-0.3, -0.25) is 4.79 Å². The van der Waals surface area contributed by atoms with E-state index in [4.69, 9.17) is 0 Å². The van der Waals surface area contributed by atoms with Crippen molar-refractivity contribution in [2.24, 2.45) is 0 Å². The average molecular weight is 388 g/mol. The van der Waals surface area contributed by atoms with Crippen LogP contribution in [0.3, 0.4) is 0 Å². The molecule has 2 aromatic rings. The standard InChI is InChI=1S/C14H13FN2O6S2/c1-2-24(20,21)12-4-3-7-16-13(12)14(19)17-10-8-9(25(15,22)23)5-6-11(10)18/h3-8,18H,2H2,1H3,(H,17,19). The SMILES string of the molecule is CCS(=O)(=O)c1cccnc1C(=O)Nc1cc(S(=O)(=O)F)ccc1O. The number of halogens is 1. The van der Waals surface area contributed by atoms with Crippen molar-refractivity contribution in [1.82, 2.24) is 4.98 Å². The first-order valence-electron chi connectivity index (χ1n) is 6.83. The minimum Gasteiger partial charge on any atom is -0.506 e. The van der Waals surface area contributed by atoms with Crippen LogP contribution < -0.4 is 5.32 Å². The summed E-state index contributed by atoms with van der Waals surface area (Å²) in [5.41, 5.74) is -0.841. The van der Waals surface area contributed by atoms with Crippen molar-refractivity contribution in [3.05, 3.63) is 42.2 Å². The fourth-order valence-electron chi connectivity index (χ4n) is 1.92. The summed E-state index contributed by atoms with van der Waals surface area (Å²) in [4.78, 5) is 15.0. The maximum atomic E-state index is 13.0. The van der Waals surface area contributed by atoms with E-state index in [-0.39, 0.29) is 10.6 Å². The summed E-state index contributed by atoms with van der Waals surface area (Å²) in [5.74, 6) is -1.80. The van der Waals surface area contributed by atoms with E-state index in [2.05, 4.69) is 10.3 Å². The summed E-state index contributed by atoms with van der Waals surface area (Å²) >= 11 is 0. The van der Waals surface area contributed by atoms with Gasteiger partial charge in [0.25, 0.3) is 5.91 Å². The largest absolute Gasteiger partial charge is 0.506 e. The van der Waals surface area contributed by atoms with Crippen LogP contribution in [0, 0.1) is 0 Å². The summed E-state index contributed by atoms with van der Waals surface area (Å²) in [7, 11) is -8.80. The molecule has 0 spiro atoms. The number of amides is 1. The zero-order valence-electron chi connectivity index (χ0n) is 12.8. The second-order valence-electron chi connectivity index (χ2n) is 4.82. The number of phenolic OH excluding ortho intramolecular Hbond substituents is 1. The number of carbonyl (C=O) groups is 1. The Morgan fingerprint density at radius 1 is 1.24 bits per heavy atom. The predicted octanol–water partition coefficient (Wildman–Crippen LogP) is 1.49. The normalized spacial score (nSPS) is 11.9. The van der Waals surface area contributed by atoms with Crippen LogP contribution in [0.1, 0.15) is 17.4 Å². The number of sulfone groups is 1. The maximum Gasteiger partial charge on any atom is 0.332 e. The van der Waals surface area contributed by atoms with Gasteiger partial charge in [-0.2, -0.15) is 8.42 Å². The van der Waals surface area contributed by atoms with E-state index in [1.54, 1.807) is 0 Å². The van der Waals surface area contributed by atoms with Gasteiger partial charge in [0.15, 0.2) is 9.84 Å². The molecule has 0 saturated heterocycles. The van der Waals surface area contributed by atoms with E-state index in [1.165, 1.54) is 25.3 Å². The molecule has 8 nitrogen and oxygen atoms in total. The van der Waals surface area contributed by atoms with Gasteiger partial charge in [0.1, 0.15) is 16.3 Å². The van der Waals surface area contributed by atoms with Crippen molar-refractivity contribution in [3.63, 3.8) is 0 Å². The van der Waals surface area contributed by atoms with Crippen LogP contribution in [0.4, 0.5) is 9.57 Å². The molecule has 0 radical (unpaired) electrons. The quantitative estimate of drug-likeness (QED) is 0.586. The second kappa shape index (κ2) is 6.76. The molecular formula is C14H13FN2O6S2. The van der Waals surface area contributed by atoms with Crippen molar-refractivity contribution in [2.75, 3.05) is 11.1 Å². The highest BCUT2D eigenvalue weighted by Gasteiger charge is 2.23. The molecule has 0 atom stereocenters. The number of hydrogen-bond donors (Lipinski definition) is 2.